The second-order valence-electron chi connectivity index (χ2n) is 5.77. The number of ether oxygens (including phenoxy) is 1. The van der Waals surface area contributed by atoms with Crippen LogP contribution in [0, 0.1) is 12.8 Å². The molecule has 0 spiro atoms. The first-order valence-electron chi connectivity index (χ1n) is 8.22. The molecule has 2 aromatic rings. The summed E-state index contributed by atoms with van der Waals surface area (Å²) in [6, 6.07) is 1.77. The average Bonchev–Trinajstić information content (AvgIpc) is 3.02. The van der Waals surface area contributed by atoms with E-state index in [9.17, 15) is 9.59 Å². The molecule has 0 aromatic carbocycles. The summed E-state index contributed by atoms with van der Waals surface area (Å²) in [7, 11) is 0. The van der Waals surface area contributed by atoms with Gasteiger partial charge < -0.3 is 14.7 Å². The first-order valence-corrected chi connectivity index (χ1v) is 8.22. The third kappa shape index (κ3) is 4.72. The lowest BCUT2D eigenvalue weighted by atomic mass is 10.1. The average molecular weight is 349 g/mol. The Morgan fingerprint density at radius 2 is 2.20 bits per heavy atom. The van der Waals surface area contributed by atoms with Gasteiger partial charge in [-0.2, -0.15) is 4.98 Å². The van der Waals surface area contributed by atoms with Gasteiger partial charge in [0, 0.05) is 38.2 Å². The number of rotatable bonds is 9. The van der Waals surface area contributed by atoms with Crippen molar-refractivity contribution in [2.75, 3.05) is 26.3 Å². The van der Waals surface area contributed by atoms with E-state index in [1.54, 1.807) is 19.2 Å². The summed E-state index contributed by atoms with van der Waals surface area (Å²) in [5.74, 6) is -1.70. The molecule has 0 radical (unpaired) electrons. The molecule has 136 valence electrons. The van der Waals surface area contributed by atoms with Crippen LogP contribution in [0.3, 0.4) is 0 Å². The Balaban J connectivity index is 2.19. The number of carbonyl (C=O) groups excluding carboxylic acids is 1. The number of nitrogens with zero attached hydrogens (tertiary/aromatic N) is 5. The van der Waals surface area contributed by atoms with Crippen molar-refractivity contribution in [3.05, 3.63) is 23.8 Å². The Hall–Kier alpha value is -2.55. The summed E-state index contributed by atoms with van der Waals surface area (Å²) >= 11 is 0. The number of carboxylic acid groups (broad SMARTS) is 1. The fraction of sp³-hybridized carbons (Fsp3) is 0.562. The van der Waals surface area contributed by atoms with Crippen LogP contribution >= 0.6 is 0 Å². The largest absolute Gasteiger partial charge is 0.481 e. The van der Waals surface area contributed by atoms with E-state index in [0.717, 1.165) is 5.69 Å². The van der Waals surface area contributed by atoms with Crippen molar-refractivity contribution in [1.29, 1.82) is 0 Å². The van der Waals surface area contributed by atoms with E-state index in [0.29, 0.717) is 32.0 Å². The molecular weight excluding hydrogens is 326 g/mol. The molecule has 9 nitrogen and oxygen atoms in total. The molecule has 1 N–H and O–H groups in total. The number of aliphatic carboxylic acids is 1. The van der Waals surface area contributed by atoms with E-state index >= 15 is 0 Å². The molecule has 9 heteroatoms. The van der Waals surface area contributed by atoms with E-state index in [-0.39, 0.29) is 12.4 Å². The first-order chi connectivity index (χ1) is 11.9. The number of hydrogen-bond donors (Lipinski definition) is 1. The fourth-order valence-corrected chi connectivity index (χ4v) is 2.32. The monoisotopic (exact) mass is 349 g/mol. The van der Waals surface area contributed by atoms with Crippen molar-refractivity contribution >= 4 is 17.7 Å². The summed E-state index contributed by atoms with van der Waals surface area (Å²) in [6.45, 7) is 6.85. The quantitative estimate of drug-likeness (QED) is 0.673. The van der Waals surface area contributed by atoms with Crippen molar-refractivity contribution in [3.63, 3.8) is 0 Å². The maximum absolute atomic E-state index is 12.8. The van der Waals surface area contributed by atoms with E-state index in [1.807, 2.05) is 13.8 Å². The molecule has 0 fully saturated rings. The molecule has 0 aliphatic rings. The van der Waals surface area contributed by atoms with Crippen LogP contribution < -0.4 is 0 Å². The maximum Gasteiger partial charge on any atom is 0.308 e. The van der Waals surface area contributed by atoms with Crippen LogP contribution in [-0.2, 0) is 9.53 Å². The first kappa shape index (κ1) is 18.8. The van der Waals surface area contributed by atoms with E-state index in [2.05, 4.69) is 15.1 Å². The van der Waals surface area contributed by atoms with Gasteiger partial charge in [0.25, 0.3) is 11.7 Å². The predicted octanol–water partition coefficient (Wildman–Crippen LogP) is 1.02. The Kier molecular flexibility index (Phi) is 6.40. The summed E-state index contributed by atoms with van der Waals surface area (Å²) in [4.78, 5) is 33.6. The fourth-order valence-electron chi connectivity index (χ4n) is 2.32. The molecule has 2 heterocycles. The van der Waals surface area contributed by atoms with Gasteiger partial charge in [0.1, 0.15) is 0 Å². The van der Waals surface area contributed by atoms with Crippen LogP contribution in [0.5, 0.6) is 0 Å². The third-order valence-corrected chi connectivity index (χ3v) is 3.75. The van der Waals surface area contributed by atoms with Crippen molar-refractivity contribution < 1.29 is 19.4 Å². The molecule has 1 atom stereocenters. The summed E-state index contributed by atoms with van der Waals surface area (Å²) in [5, 5.41) is 13.3. The Morgan fingerprint density at radius 1 is 1.44 bits per heavy atom. The standard InChI is InChI=1S/C16H23N5O4/c1-4-25-9-5-8-20(10-11(2)15(23)24)14(22)13-18-16-17-7-6-12(3)21(16)19-13/h6-7,11H,4-5,8-10H2,1-3H3,(H,23,24). The molecule has 0 aliphatic carbocycles. The summed E-state index contributed by atoms with van der Waals surface area (Å²) in [6.07, 6.45) is 2.20. The molecule has 1 unspecified atom stereocenters. The lowest BCUT2D eigenvalue weighted by molar-refractivity contribution is -0.141. The van der Waals surface area contributed by atoms with Crippen LogP contribution in [0.25, 0.3) is 5.78 Å². The number of amides is 1. The number of hydrogen-bond acceptors (Lipinski definition) is 6. The molecule has 25 heavy (non-hydrogen) atoms. The summed E-state index contributed by atoms with van der Waals surface area (Å²) < 4.78 is 6.78. The van der Waals surface area contributed by atoms with Crippen LogP contribution in [0.2, 0.25) is 0 Å². The topological polar surface area (TPSA) is 110 Å². The molecule has 2 rings (SSSR count). The number of aryl methyl sites for hydroxylation is 1. The van der Waals surface area contributed by atoms with Crippen molar-refractivity contribution in [2.24, 2.45) is 5.92 Å². The minimum Gasteiger partial charge on any atom is -0.481 e. The van der Waals surface area contributed by atoms with E-state index in [4.69, 9.17) is 9.84 Å². The van der Waals surface area contributed by atoms with Gasteiger partial charge in [-0.3, -0.25) is 9.59 Å². The number of fused-ring (bicyclic) bond motifs is 1. The van der Waals surface area contributed by atoms with Crippen LogP contribution in [0.15, 0.2) is 12.3 Å². The van der Waals surface area contributed by atoms with Gasteiger partial charge >= 0.3 is 5.97 Å². The van der Waals surface area contributed by atoms with Gasteiger partial charge in [-0.15, -0.1) is 5.10 Å². The van der Waals surface area contributed by atoms with Gasteiger partial charge in [0.2, 0.25) is 5.82 Å². The van der Waals surface area contributed by atoms with Crippen LogP contribution in [0.1, 0.15) is 36.6 Å². The minimum absolute atomic E-state index is 0.01000. The third-order valence-electron chi connectivity index (χ3n) is 3.75. The molecule has 0 aliphatic heterocycles. The Labute approximate surface area is 145 Å². The van der Waals surface area contributed by atoms with Gasteiger partial charge in [0.15, 0.2) is 0 Å². The van der Waals surface area contributed by atoms with Crippen LogP contribution in [0.4, 0.5) is 0 Å². The van der Waals surface area contributed by atoms with Gasteiger partial charge in [-0.05, 0) is 26.3 Å². The molecule has 1 amide bonds. The van der Waals surface area contributed by atoms with E-state index in [1.165, 1.54) is 9.42 Å². The second-order valence-corrected chi connectivity index (χ2v) is 5.77. The zero-order valence-corrected chi connectivity index (χ0v) is 14.7. The molecule has 0 bridgehead atoms. The van der Waals surface area contributed by atoms with E-state index < -0.39 is 17.8 Å². The lowest BCUT2D eigenvalue weighted by Gasteiger charge is -2.23. The highest BCUT2D eigenvalue weighted by molar-refractivity contribution is 5.91. The molecule has 2 aromatic heterocycles. The minimum atomic E-state index is -0.955. The number of aromatic nitrogens is 4. The van der Waals surface area contributed by atoms with Gasteiger partial charge in [0.05, 0.1) is 5.92 Å². The maximum atomic E-state index is 12.8. The molecular formula is C16H23N5O4. The smallest absolute Gasteiger partial charge is 0.308 e. The molecule has 0 saturated heterocycles. The molecule has 0 saturated carbocycles. The highest BCUT2D eigenvalue weighted by Gasteiger charge is 2.25. The number of carboxylic acids is 1. The second kappa shape index (κ2) is 8.52. The SMILES string of the molecule is CCOCCCN(CC(C)C(=O)O)C(=O)c1nc2nccc(C)n2n1. The summed E-state index contributed by atoms with van der Waals surface area (Å²) in [5.41, 5.74) is 0.804. The van der Waals surface area contributed by atoms with Crippen LogP contribution in [-0.4, -0.2) is 67.8 Å². The highest BCUT2D eigenvalue weighted by Crippen LogP contribution is 2.09. The lowest BCUT2D eigenvalue weighted by Crippen LogP contribution is -2.38. The predicted molar refractivity (Wildman–Crippen MR) is 89.3 cm³/mol. The van der Waals surface area contributed by atoms with Crippen molar-refractivity contribution in [3.8, 4) is 0 Å². The van der Waals surface area contributed by atoms with Gasteiger partial charge in [-0.1, -0.05) is 6.92 Å². The Bertz CT molecular complexity index is 745. The Morgan fingerprint density at radius 3 is 2.84 bits per heavy atom. The zero-order chi connectivity index (χ0) is 18.4. The highest BCUT2D eigenvalue weighted by atomic mass is 16.5. The zero-order valence-electron chi connectivity index (χ0n) is 14.7. The van der Waals surface area contributed by atoms with Gasteiger partial charge in [-0.25, -0.2) is 9.50 Å². The normalized spacial score (nSPS) is 12.3. The van der Waals surface area contributed by atoms with Crippen molar-refractivity contribution in [1.82, 2.24) is 24.5 Å². The van der Waals surface area contributed by atoms with Crippen molar-refractivity contribution in [2.45, 2.75) is 27.2 Å². The number of carbonyl (C=O) groups is 2.